The molecule has 0 aliphatic heterocycles. The quantitative estimate of drug-likeness (QED) is 0.838. The summed E-state index contributed by atoms with van der Waals surface area (Å²) >= 11 is 4.19. The third-order valence-corrected chi connectivity index (χ3v) is 5.46. The van der Waals surface area contributed by atoms with E-state index in [1.807, 2.05) is 0 Å². The van der Waals surface area contributed by atoms with Gasteiger partial charge in [-0.2, -0.15) is 13.2 Å². The Bertz CT molecular complexity index is 513. The van der Waals surface area contributed by atoms with Gasteiger partial charge in [-0.3, -0.25) is 0 Å². The summed E-state index contributed by atoms with van der Waals surface area (Å²) in [6.07, 6.45) is -4.58. The van der Waals surface area contributed by atoms with Gasteiger partial charge in [0.1, 0.15) is 11.4 Å². The number of nitrogens with one attached hydrogen (secondary N) is 2. The van der Waals surface area contributed by atoms with Gasteiger partial charge in [0.2, 0.25) is 10.0 Å². The molecule has 1 heterocycles. The fraction of sp³-hybridized carbons (Fsp3) is 0.500. The largest absolute Gasteiger partial charge is 0.402 e. The van der Waals surface area contributed by atoms with E-state index in [0.29, 0.717) is 11.4 Å². The second-order valence-electron chi connectivity index (χ2n) is 3.32. The van der Waals surface area contributed by atoms with Crippen molar-refractivity contribution in [3.8, 4) is 0 Å². The van der Waals surface area contributed by atoms with Gasteiger partial charge in [0.25, 0.3) is 0 Å². The molecule has 0 bridgehead atoms. The first-order chi connectivity index (χ1) is 8.15. The fourth-order valence-corrected chi connectivity index (χ4v) is 4.80. The summed E-state index contributed by atoms with van der Waals surface area (Å²) in [5, 5.41) is 2.83. The Morgan fingerprint density at radius 2 is 2.06 bits per heavy atom. The molecule has 0 aromatic carbocycles. The van der Waals surface area contributed by atoms with Crippen molar-refractivity contribution in [3.05, 3.63) is 14.7 Å². The van der Waals surface area contributed by atoms with E-state index < -0.39 is 22.7 Å². The second-order valence-corrected chi connectivity index (χ2v) is 7.51. The van der Waals surface area contributed by atoms with Crippen LogP contribution in [0.5, 0.6) is 0 Å². The highest BCUT2D eigenvalue weighted by Gasteiger charge is 2.31. The van der Waals surface area contributed by atoms with Gasteiger partial charge in [-0.15, -0.1) is 11.3 Å². The van der Waals surface area contributed by atoms with Gasteiger partial charge in [0.15, 0.2) is 0 Å². The van der Waals surface area contributed by atoms with Crippen LogP contribution in [0.15, 0.2) is 14.7 Å². The molecule has 104 valence electrons. The smallest absolute Gasteiger partial charge is 0.315 e. The van der Waals surface area contributed by atoms with Crippen LogP contribution in [0.3, 0.4) is 0 Å². The van der Waals surface area contributed by atoms with Crippen LogP contribution in [0, 0.1) is 0 Å². The third kappa shape index (κ3) is 4.50. The van der Waals surface area contributed by atoms with Gasteiger partial charge in [-0.25, -0.2) is 13.1 Å². The van der Waals surface area contributed by atoms with Gasteiger partial charge in [-0.1, -0.05) is 0 Å². The maximum absolute atomic E-state index is 12.0. The Hall–Kier alpha value is -0.160. The Kier molecular flexibility index (Phi) is 5.18. The molecule has 0 saturated carbocycles. The van der Waals surface area contributed by atoms with E-state index in [2.05, 4.69) is 21.2 Å². The Balaban J connectivity index is 2.91. The summed E-state index contributed by atoms with van der Waals surface area (Å²) in [4.78, 5) is 0.527. The molecule has 0 radical (unpaired) electrons. The van der Waals surface area contributed by atoms with Gasteiger partial charge in [0.05, 0.1) is 3.79 Å². The molecular weight excluding hydrogens is 357 g/mol. The molecule has 4 nitrogen and oxygen atoms in total. The first-order valence-electron chi connectivity index (χ1n) is 4.65. The first kappa shape index (κ1) is 15.9. The molecule has 0 aliphatic rings. The lowest BCUT2D eigenvalue weighted by Crippen LogP contribution is -2.33. The summed E-state index contributed by atoms with van der Waals surface area (Å²) in [6, 6.07) is 1.34. The third-order valence-electron chi connectivity index (χ3n) is 1.81. The molecule has 0 atom stereocenters. The molecule has 1 aromatic rings. The lowest BCUT2D eigenvalue weighted by molar-refractivity contribution is -0.121. The van der Waals surface area contributed by atoms with Gasteiger partial charge < -0.3 is 5.32 Å². The highest BCUT2D eigenvalue weighted by Crippen LogP contribution is 2.31. The molecule has 0 aliphatic carbocycles. The summed E-state index contributed by atoms with van der Waals surface area (Å²) in [6.45, 7) is -1.14. The Morgan fingerprint density at radius 1 is 1.44 bits per heavy atom. The molecule has 1 aromatic heterocycles. The van der Waals surface area contributed by atoms with Gasteiger partial charge >= 0.3 is 6.18 Å². The van der Waals surface area contributed by atoms with Crippen LogP contribution in [0.2, 0.25) is 0 Å². The summed E-state index contributed by atoms with van der Waals surface area (Å²) in [7, 11) is -2.47. The van der Waals surface area contributed by atoms with Crippen molar-refractivity contribution in [1.29, 1.82) is 0 Å². The van der Waals surface area contributed by atoms with Crippen molar-refractivity contribution in [2.45, 2.75) is 17.6 Å². The maximum Gasteiger partial charge on any atom is 0.402 e. The molecule has 2 N–H and O–H groups in total. The zero-order chi connectivity index (χ0) is 14.0. The van der Waals surface area contributed by atoms with E-state index in [1.165, 1.54) is 10.8 Å². The summed E-state index contributed by atoms with van der Waals surface area (Å²) in [5.41, 5.74) is 0. The number of hydrogen-bond acceptors (Lipinski definition) is 4. The average molecular weight is 367 g/mol. The van der Waals surface area contributed by atoms with E-state index in [-0.39, 0.29) is 8.68 Å². The number of alkyl halides is 3. The lowest BCUT2D eigenvalue weighted by atomic mass is 10.5. The number of rotatable bonds is 5. The van der Waals surface area contributed by atoms with Crippen LogP contribution in [0.1, 0.15) is 4.88 Å². The number of hydrogen-bond donors (Lipinski definition) is 2. The van der Waals surface area contributed by atoms with Crippen molar-refractivity contribution >= 4 is 37.3 Å². The molecule has 1 rings (SSSR count). The summed E-state index contributed by atoms with van der Waals surface area (Å²) in [5.74, 6) is 0. The van der Waals surface area contributed by atoms with E-state index in [4.69, 9.17) is 0 Å². The SMILES string of the molecule is CNCc1cc(S(=O)(=O)NCC(F)(F)F)c(Br)s1. The Labute approximate surface area is 115 Å². The van der Waals surface area contributed by atoms with E-state index in [0.717, 1.165) is 11.3 Å². The molecular formula is C8H10BrF3N2O2S2. The van der Waals surface area contributed by atoms with Crippen molar-refractivity contribution in [2.24, 2.45) is 0 Å². The lowest BCUT2D eigenvalue weighted by Gasteiger charge is -2.08. The molecule has 0 unspecified atom stereocenters. The van der Waals surface area contributed by atoms with Crippen molar-refractivity contribution in [3.63, 3.8) is 0 Å². The molecule has 0 saturated heterocycles. The normalized spacial score (nSPS) is 12.9. The molecule has 18 heavy (non-hydrogen) atoms. The van der Waals surface area contributed by atoms with E-state index in [9.17, 15) is 21.6 Å². The average Bonchev–Trinajstić information content (AvgIpc) is 2.57. The molecule has 0 spiro atoms. The highest BCUT2D eigenvalue weighted by atomic mass is 79.9. The predicted molar refractivity (Wildman–Crippen MR) is 66.0 cm³/mol. The monoisotopic (exact) mass is 366 g/mol. The number of thiophene rings is 1. The van der Waals surface area contributed by atoms with Crippen LogP contribution >= 0.6 is 27.3 Å². The fourth-order valence-electron chi connectivity index (χ4n) is 1.10. The topological polar surface area (TPSA) is 58.2 Å². The second kappa shape index (κ2) is 5.87. The van der Waals surface area contributed by atoms with Crippen molar-refractivity contribution < 1.29 is 21.6 Å². The minimum Gasteiger partial charge on any atom is -0.315 e. The minimum atomic E-state index is -4.58. The minimum absolute atomic E-state index is 0.179. The predicted octanol–water partition coefficient (Wildman–Crippen LogP) is 2.07. The maximum atomic E-state index is 12.0. The van der Waals surface area contributed by atoms with Crippen LogP contribution in [-0.2, 0) is 16.6 Å². The number of sulfonamides is 1. The van der Waals surface area contributed by atoms with E-state index >= 15 is 0 Å². The highest BCUT2D eigenvalue weighted by molar-refractivity contribution is 9.11. The molecule has 0 fully saturated rings. The van der Waals surface area contributed by atoms with Crippen LogP contribution in [0.25, 0.3) is 0 Å². The molecule has 0 amide bonds. The first-order valence-corrected chi connectivity index (χ1v) is 7.74. The Morgan fingerprint density at radius 3 is 2.56 bits per heavy atom. The van der Waals surface area contributed by atoms with Gasteiger partial charge in [-0.05, 0) is 29.0 Å². The van der Waals surface area contributed by atoms with Crippen LogP contribution < -0.4 is 10.0 Å². The van der Waals surface area contributed by atoms with Crippen molar-refractivity contribution in [1.82, 2.24) is 10.0 Å². The summed E-state index contributed by atoms with van der Waals surface area (Å²) < 4.78 is 61.1. The number of halogens is 4. The standard InChI is InChI=1S/C8H10BrF3N2O2S2/c1-13-3-5-2-6(7(9)17-5)18(15,16)14-4-8(10,11)12/h2,13-14H,3-4H2,1H3. The van der Waals surface area contributed by atoms with Crippen molar-refractivity contribution in [2.75, 3.05) is 13.6 Å². The zero-order valence-corrected chi connectivity index (χ0v) is 12.4. The van der Waals surface area contributed by atoms with Crippen LogP contribution in [0.4, 0.5) is 13.2 Å². The van der Waals surface area contributed by atoms with Gasteiger partial charge in [0, 0.05) is 11.4 Å². The molecule has 10 heteroatoms. The van der Waals surface area contributed by atoms with E-state index in [1.54, 1.807) is 7.05 Å². The zero-order valence-electron chi connectivity index (χ0n) is 9.14. The van der Waals surface area contributed by atoms with Crippen LogP contribution in [-0.4, -0.2) is 28.2 Å².